The summed E-state index contributed by atoms with van der Waals surface area (Å²) in [4.78, 5) is 0. The Labute approximate surface area is 81.5 Å². The fourth-order valence-corrected chi connectivity index (χ4v) is 4.23. The minimum absolute atomic E-state index is 0.741. The van der Waals surface area contributed by atoms with Crippen molar-refractivity contribution in [2.45, 2.75) is 18.1 Å². The second-order valence-corrected chi connectivity index (χ2v) is 5.65. The molecule has 0 nitrogen and oxygen atoms in total. The molecule has 1 aromatic rings. The van der Waals surface area contributed by atoms with Crippen molar-refractivity contribution >= 4 is 21.6 Å². The van der Waals surface area contributed by atoms with Gasteiger partial charge in [0.1, 0.15) is 0 Å². The largest absolute Gasteiger partial charge is 0.0935 e. The van der Waals surface area contributed by atoms with Crippen LogP contribution in [0.15, 0.2) is 30.3 Å². The predicted octanol–water partition coefficient (Wildman–Crippen LogP) is 3.90. The lowest BCUT2D eigenvalue weighted by Gasteiger charge is -2.20. The molecule has 1 unspecified atom stereocenters. The zero-order valence-electron chi connectivity index (χ0n) is 6.90. The molecule has 0 saturated carbocycles. The normalized spacial score (nSPS) is 23.8. The summed E-state index contributed by atoms with van der Waals surface area (Å²) >= 11 is 0. The molecule has 1 atom stereocenters. The van der Waals surface area contributed by atoms with E-state index in [1.165, 1.54) is 24.2 Å². The highest BCUT2D eigenvalue weighted by Crippen LogP contribution is 2.45. The number of benzene rings is 1. The Morgan fingerprint density at radius 2 is 2.00 bits per heavy atom. The Kier molecular flexibility index (Phi) is 3.01. The van der Waals surface area contributed by atoms with E-state index in [4.69, 9.17) is 0 Å². The van der Waals surface area contributed by atoms with Crippen LogP contribution < -0.4 is 0 Å². The molecule has 0 aliphatic carbocycles. The van der Waals surface area contributed by atoms with Gasteiger partial charge in [-0.05, 0) is 18.4 Å². The highest BCUT2D eigenvalue weighted by Gasteiger charge is 2.15. The minimum Gasteiger partial charge on any atom is -0.0935 e. The van der Waals surface area contributed by atoms with Gasteiger partial charge in [-0.1, -0.05) is 51.9 Å². The molecule has 0 spiro atoms. The highest BCUT2D eigenvalue weighted by atomic mass is 33.1. The van der Waals surface area contributed by atoms with Gasteiger partial charge in [-0.2, -0.15) is 0 Å². The van der Waals surface area contributed by atoms with Crippen LogP contribution in [0, 0.1) is 0 Å². The number of hydrogen-bond acceptors (Lipinski definition) is 2. The maximum absolute atomic E-state index is 2.24. The van der Waals surface area contributed by atoms with E-state index in [1.54, 1.807) is 0 Å². The van der Waals surface area contributed by atoms with E-state index in [-0.39, 0.29) is 0 Å². The summed E-state index contributed by atoms with van der Waals surface area (Å²) in [5, 5.41) is 0.741. The first kappa shape index (κ1) is 8.52. The van der Waals surface area contributed by atoms with Gasteiger partial charge in [0.15, 0.2) is 0 Å². The molecular weight excluding hydrogens is 184 g/mol. The first-order valence-electron chi connectivity index (χ1n) is 4.30. The standard InChI is InChI=1S/C10H12S2/c1-2-5-9(6-3-1)10-7-4-8-11-12-10/h1-3,5-6,10H,4,7-8H2. The maximum Gasteiger partial charge on any atom is 0.0401 e. The lowest BCUT2D eigenvalue weighted by molar-refractivity contribution is 0.784. The van der Waals surface area contributed by atoms with Crippen molar-refractivity contribution in [3.8, 4) is 0 Å². The van der Waals surface area contributed by atoms with Crippen molar-refractivity contribution in [1.82, 2.24) is 0 Å². The number of hydrogen-bond donors (Lipinski definition) is 0. The second kappa shape index (κ2) is 4.24. The summed E-state index contributed by atoms with van der Waals surface area (Å²) < 4.78 is 0. The molecule has 12 heavy (non-hydrogen) atoms. The van der Waals surface area contributed by atoms with Gasteiger partial charge in [0.25, 0.3) is 0 Å². The molecule has 1 saturated heterocycles. The zero-order chi connectivity index (χ0) is 8.23. The molecule has 1 aromatic carbocycles. The van der Waals surface area contributed by atoms with E-state index in [1.807, 2.05) is 21.6 Å². The van der Waals surface area contributed by atoms with E-state index in [2.05, 4.69) is 30.3 Å². The molecule has 1 aliphatic heterocycles. The average Bonchev–Trinajstić information content (AvgIpc) is 2.21. The smallest absolute Gasteiger partial charge is 0.0401 e. The maximum atomic E-state index is 2.24. The topological polar surface area (TPSA) is 0 Å². The first-order chi connectivity index (χ1) is 5.97. The molecular formula is C10H12S2. The third-order valence-corrected chi connectivity index (χ3v) is 4.99. The summed E-state index contributed by atoms with van der Waals surface area (Å²) in [6, 6.07) is 10.8. The van der Waals surface area contributed by atoms with Crippen LogP contribution >= 0.6 is 21.6 Å². The van der Waals surface area contributed by atoms with Crippen molar-refractivity contribution in [3.63, 3.8) is 0 Å². The highest BCUT2D eigenvalue weighted by molar-refractivity contribution is 8.76. The minimum atomic E-state index is 0.741. The van der Waals surface area contributed by atoms with Crippen LogP contribution in [0.2, 0.25) is 0 Å². The molecule has 2 rings (SSSR count). The van der Waals surface area contributed by atoms with E-state index >= 15 is 0 Å². The monoisotopic (exact) mass is 196 g/mol. The van der Waals surface area contributed by atoms with Crippen LogP contribution in [0.1, 0.15) is 23.7 Å². The van der Waals surface area contributed by atoms with Crippen LogP contribution in [-0.4, -0.2) is 5.75 Å². The summed E-state index contributed by atoms with van der Waals surface area (Å²) in [5.74, 6) is 1.33. The molecule has 1 fully saturated rings. The van der Waals surface area contributed by atoms with Gasteiger partial charge >= 0.3 is 0 Å². The molecule has 0 bridgehead atoms. The predicted molar refractivity (Wildman–Crippen MR) is 58.5 cm³/mol. The van der Waals surface area contributed by atoms with Gasteiger partial charge in [-0.25, -0.2) is 0 Å². The Balaban J connectivity index is 2.08. The lowest BCUT2D eigenvalue weighted by atomic mass is 10.1. The summed E-state index contributed by atoms with van der Waals surface area (Å²) in [6.07, 6.45) is 2.72. The van der Waals surface area contributed by atoms with E-state index < -0.39 is 0 Å². The zero-order valence-corrected chi connectivity index (χ0v) is 8.53. The Morgan fingerprint density at radius 3 is 2.67 bits per heavy atom. The molecule has 1 heterocycles. The molecule has 0 N–H and O–H groups in total. The van der Waals surface area contributed by atoms with Gasteiger partial charge in [0.05, 0.1) is 0 Å². The van der Waals surface area contributed by atoms with Crippen LogP contribution in [0.5, 0.6) is 0 Å². The number of rotatable bonds is 1. The summed E-state index contributed by atoms with van der Waals surface area (Å²) in [6.45, 7) is 0. The fraction of sp³-hybridized carbons (Fsp3) is 0.400. The summed E-state index contributed by atoms with van der Waals surface area (Å²) in [5.41, 5.74) is 1.50. The van der Waals surface area contributed by atoms with Gasteiger partial charge < -0.3 is 0 Å². The van der Waals surface area contributed by atoms with Crippen LogP contribution in [0.4, 0.5) is 0 Å². The van der Waals surface area contributed by atoms with Crippen molar-refractivity contribution in [2.75, 3.05) is 5.75 Å². The van der Waals surface area contributed by atoms with Crippen molar-refractivity contribution in [2.24, 2.45) is 0 Å². The van der Waals surface area contributed by atoms with Crippen LogP contribution in [0.3, 0.4) is 0 Å². The van der Waals surface area contributed by atoms with E-state index in [9.17, 15) is 0 Å². The molecule has 1 aliphatic rings. The van der Waals surface area contributed by atoms with Crippen molar-refractivity contribution in [3.05, 3.63) is 35.9 Å². The van der Waals surface area contributed by atoms with Crippen molar-refractivity contribution < 1.29 is 0 Å². The van der Waals surface area contributed by atoms with Crippen LogP contribution in [-0.2, 0) is 0 Å². The molecule has 0 aromatic heterocycles. The Morgan fingerprint density at radius 1 is 1.17 bits per heavy atom. The summed E-state index contributed by atoms with van der Waals surface area (Å²) in [7, 11) is 4.05. The van der Waals surface area contributed by atoms with Gasteiger partial charge in [0.2, 0.25) is 0 Å². The molecule has 2 heteroatoms. The molecule has 0 amide bonds. The third kappa shape index (κ3) is 1.99. The van der Waals surface area contributed by atoms with Gasteiger partial charge in [0, 0.05) is 11.0 Å². The Bertz CT molecular complexity index is 227. The average molecular weight is 196 g/mol. The van der Waals surface area contributed by atoms with Crippen LogP contribution in [0.25, 0.3) is 0 Å². The SMILES string of the molecule is c1ccc(C2CCCSS2)cc1. The quantitative estimate of drug-likeness (QED) is 0.625. The molecule has 64 valence electrons. The Hall–Kier alpha value is -0.0800. The van der Waals surface area contributed by atoms with Gasteiger partial charge in [-0.3, -0.25) is 0 Å². The van der Waals surface area contributed by atoms with E-state index in [0.29, 0.717) is 0 Å². The second-order valence-electron chi connectivity index (χ2n) is 2.96. The lowest BCUT2D eigenvalue weighted by Crippen LogP contribution is -1.98. The molecule has 0 radical (unpaired) electrons. The first-order valence-corrected chi connectivity index (χ1v) is 6.68. The van der Waals surface area contributed by atoms with E-state index in [0.717, 1.165) is 5.25 Å². The fourth-order valence-electron chi connectivity index (χ4n) is 1.40. The van der Waals surface area contributed by atoms with Gasteiger partial charge in [-0.15, -0.1) is 0 Å². The third-order valence-electron chi connectivity index (χ3n) is 2.05. The van der Waals surface area contributed by atoms with Crippen molar-refractivity contribution in [1.29, 1.82) is 0 Å².